The first-order chi connectivity index (χ1) is 15.2. The number of nitrogens with one attached hydrogen (secondary N) is 1. The maximum absolute atomic E-state index is 12.8. The van der Waals surface area contributed by atoms with Crippen LogP contribution in [-0.4, -0.2) is 66.0 Å². The number of nitrogens with two attached hydrogens (primary N) is 2. The van der Waals surface area contributed by atoms with Gasteiger partial charge in [0.25, 0.3) is 11.8 Å². The fourth-order valence-corrected chi connectivity index (χ4v) is 6.16. The van der Waals surface area contributed by atoms with Crippen LogP contribution in [0.15, 0.2) is 20.1 Å². The van der Waals surface area contributed by atoms with Gasteiger partial charge in [0.15, 0.2) is 15.2 Å². The van der Waals surface area contributed by atoms with E-state index in [0.29, 0.717) is 22.1 Å². The number of carbonyl (C=O) groups excluding carboxylic acids is 2. The predicted octanol–water partition coefficient (Wildman–Crippen LogP) is 0.569. The van der Waals surface area contributed by atoms with Crippen molar-refractivity contribution in [3.63, 3.8) is 0 Å². The van der Waals surface area contributed by atoms with Gasteiger partial charge in [-0.25, -0.2) is 9.78 Å². The molecule has 4 rings (SSSR count). The Kier molecular flexibility index (Phi) is 5.93. The smallest absolute Gasteiger partial charge is 0.353 e. The minimum Gasteiger partial charge on any atom is -0.477 e. The summed E-state index contributed by atoms with van der Waals surface area (Å²) in [6.07, 6.45) is 0.724. The number of hydrogen-bond donors (Lipinski definition) is 5. The zero-order chi connectivity index (χ0) is 23.2. The molecule has 1 saturated heterocycles. The Morgan fingerprint density at radius 3 is 2.59 bits per heavy atom. The molecule has 0 aromatic carbocycles. The molecule has 0 aliphatic carbocycles. The normalized spacial score (nSPS) is 20.7. The van der Waals surface area contributed by atoms with Crippen LogP contribution in [0.3, 0.4) is 0 Å². The number of thiazole rings is 1. The summed E-state index contributed by atoms with van der Waals surface area (Å²) in [6.45, 7) is 0. The molecule has 0 spiro atoms. The van der Waals surface area contributed by atoms with Gasteiger partial charge in [-0.05, 0) is 12.8 Å². The number of oxime groups is 1. The van der Waals surface area contributed by atoms with Crippen molar-refractivity contribution < 1.29 is 24.7 Å². The maximum Gasteiger partial charge on any atom is 0.353 e. The van der Waals surface area contributed by atoms with Crippen molar-refractivity contribution in [1.29, 1.82) is 0 Å². The molecule has 2 unspecified atom stereocenters. The van der Waals surface area contributed by atoms with E-state index in [0.717, 1.165) is 39.3 Å². The largest absolute Gasteiger partial charge is 0.477 e. The molecule has 0 radical (unpaired) electrons. The van der Waals surface area contributed by atoms with Crippen LogP contribution in [0.2, 0.25) is 4.34 Å². The Bertz CT molecular complexity index is 1190. The second kappa shape index (κ2) is 8.53. The molecule has 2 aromatic rings. The number of thioether (sulfide) groups is 1. The molecule has 2 amide bonds. The van der Waals surface area contributed by atoms with Crippen LogP contribution < -0.4 is 16.8 Å². The summed E-state index contributed by atoms with van der Waals surface area (Å²) in [4.78, 5) is 42.7. The number of hydrogen-bond acceptors (Lipinski definition) is 13. The van der Waals surface area contributed by atoms with Crippen molar-refractivity contribution in [2.75, 3.05) is 11.5 Å². The number of aromatic nitrogens is 3. The van der Waals surface area contributed by atoms with Gasteiger partial charge in [0.05, 0.1) is 6.04 Å². The minimum atomic E-state index is -1.28. The van der Waals surface area contributed by atoms with Gasteiger partial charge in [-0.1, -0.05) is 51.2 Å². The number of aliphatic carboxylic acids is 1. The van der Waals surface area contributed by atoms with E-state index < -0.39 is 35.6 Å². The summed E-state index contributed by atoms with van der Waals surface area (Å²) in [5, 5.41) is 32.2. The molecular weight excluding hydrogens is 504 g/mol. The molecule has 13 nitrogen and oxygen atoms in total. The molecule has 7 N–H and O–H groups in total. The monoisotopic (exact) mass is 516 g/mol. The topological polar surface area (TPSA) is 210 Å². The van der Waals surface area contributed by atoms with Crippen LogP contribution in [-0.2, 0) is 14.4 Å². The van der Waals surface area contributed by atoms with Gasteiger partial charge in [-0.15, -0.1) is 10.2 Å². The van der Waals surface area contributed by atoms with Crippen LogP contribution in [0, 0.1) is 0 Å². The molecule has 4 heterocycles. The number of β-lactam (4-membered cyclic amide) rings is 1. The lowest BCUT2D eigenvalue weighted by atomic mass is 9.86. The standard InChI is InChI=1S/C15H13ClN8O5S3/c16-9-6(20-13(17)31-9)7(23-29)10(25)19-5-3-1-2-4(30-15-22-21-14(18)32-15)8(12(27)28)24(3)11(5)26/h3,5,29H,1-2H2,(H2,17,20)(H2,18,21)(H,19,25)(H,27,28)/b23-7-. The Morgan fingerprint density at radius 1 is 1.28 bits per heavy atom. The van der Waals surface area contributed by atoms with Crippen molar-refractivity contribution in [2.45, 2.75) is 29.3 Å². The Morgan fingerprint density at radius 2 is 2.03 bits per heavy atom. The third-order valence-electron chi connectivity index (χ3n) is 4.66. The highest BCUT2D eigenvalue weighted by Crippen LogP contribution is 2.43. The van der Waals surface area contributed by atoms with E-state index in [1.807, 2.05) is 0 Å². The first-order valence-electron chi connectivity index (χ1n) is 8.72. The number of nitrogen functional groups attached to an aromatic ring is 2. The summed E-state index contributed by atoms with van der Waals surface area (Å²) in [7, 11) is 0. The number of fused-ring (bicyclic) bond motifs is 1. The lowest BCUT2D eigenvalue weighted by Crippen LogP contribution is -2.72. The van der Waals surface area contributed by atoms with E-state index in [-0.39, 0.29) is 26.0 Å². The van der Waals surface area contributed by atoms with Crippen molar-refractivity contribution in [3.05, 3.63) is 20.6 Å². The van der Waals surface area contributed by atoms with Crippen molar-refractivity contribution in [3.8, 4) is 0 Å². The summed E-state index contributed by atoms with van der Waals surface area (Å²) in [5.41, 5.74) is 10.3. The van der Waals surface area contributed by atoms with Crippen LogP contribution >= 0.6 is 46.0 Å². The Labute approximate surface area is 196 Å². The number of amides is 2. The predicted molar refractivity (Wildman–Crippen MR) is 116 cm³/mol. The highest BCUT2D eigenvalue weighted by Gasteiger charge is 2.54. The van der Waals surface area contributed by atoms with Gasteiger partial charge in [0.2, 0.25) is 5.13 Å². The second-order valence-corrected chi connectivity index (χ2v) is 10.5. The first-order valence-corrected chi connectivity index (χ1v) is 11.6. The van der Waals surface area contributed by atoms with E-state index in [2.05, 4.69) is 25.7 Å². The van der Waals surface area contributed by atoms with Gasteiger partial charge in [-0.3, -0.25) is 14.5 Å². The van der Waals surface area contributed by atoms with E-state index >= 15 is 0 Å². The minimum absolute atomic E-state index is 0.0414. The number of halogens is 1. The zero-order valence-electron chi connectivity index (χ0n) is 15.7. The van der Waals surface area contributed by atoms with Gasteiger partial charge in [0.1, 0.15) is 21.8 Å². The van der Waals surface area contributed by atoms with Crippen molar-refractivity contribution >= 4 is 79.8 Å². The van der Waals surface area contributed by atoms with Crippen LogP contribution in [0.4, 0.5) is 10.3 Å². The first kappa shape index (κ1) is 22.3. The van der Waals surface area contributed by atoms with E-state index in [1.165, 1.54) is 0 Å². The highest BCUT2D eigenvalue weighted by atomic mass is 35.5. The SMILES string of the molecule is Nc1nnc(SC2=C(C(=O)O)N3C(=O)C(NC(=O)/C(=N\O)c4nc(N)sc4Cl)C3CC2)s1. The molecule has 0 saturated carbocycles. The van der Waals surface area contributed by atoms with E-state index in [4.69, 9.17) is 23.1 Å². The lowest BCUT2D eigenvalue weighted by Gasteiger charge is -2.49. The second-order valence-electron chi connectivity index (χ2n) is 6.47. The number of nitrogens with zero attached hydrogens (tertiary/aromatic N) is 5. The van der Waals surface area contributed by atoms with Crippen LogP contribution in [0.1, 0.15) is 18.5 Å². The van der Waals surface area contributed by atoms with Crippen LogP contribution in [0.5, 0.6) is 0 Å². The molecule has 2 aliphatic heterocycles. The molecule has 17 heteroatoms. The average molecular weight is 517 g/mol. The molecule has 32 heavy (non-hydrogen) atoms. The third-order valence-corrected chi connectivity index (χ3v) is 7.69. The number of carboxylic acids is 1. The number of anilines is 2. The van der Waals surface area contributed by atoms with Crippen molar-refractivity contribution in [1.82, 2.24) is 25.4 Å². The zero-order valence-corrected chi connectivity index (χ0v) is 18.9. The summed E-state index contributed by atoms with van der Waals surface area (Å²) in [6, 6.07) is -1.59. The summed E-state index contributed by atoms with van der Waals surface area (Å²) < 4.78 is 0.496. The Balaban J connectivity index is 1.53. The van der Waals surface area contributed by atoms with E-state index in [9.17, 15) is 24.7 Å². The quantitative estimate of drug-likeness (QED) is 0.155. The van der Waals surface area contributed by atoms with Crippen LogP contribution in [0.25, 0.3) is 0 Å². The number of carboxylic acid groups (broad SMARTS) is 1. The summed E-state index contributed by atoms with van der Waals surface area (Å²) in [5.74, 6) is -2.80. The van der Waals surface area contributed by atoms with Gasteiger partial charge in [0, 0.05) is 4.91 Å². The number of rotatable bonds is 6. The van der Waals surface area contributed by atoms with Crippen molar-refractivity contribution in [2.24, 2.45) is 5.16 Å². The lowest BCUT2D eigenvalue weighted by molar-refractivity contribution is -0.155. The Hall–Kier alpha value is -2.95. The fourth-order valence-electron chi connectivity index (χ4n) is 3.37. The summed E-state index contributed by atoms with van der Waals surface area (Å²) >= 11 is 9.04. The molecule has 1 fully saturated rings. The molecule has 168 valence electrons. The van der Waals surface area contributed by atoms with E-state index in [1.54, 1.807) is 0 Å². The van der Waals surface area contributed by atoms with Gasteiger partial charge in [-0.2, -0.15) is 0 Å². The third kappa shape index (κ3) is 3.85. The average Bonchev–Trinajstić information content (AvgIpc) is 3.30. The molecule has 2 aliphatic rings. The molecule has 2 atom stereocenters. The number of allylic oxidation sites excluding steroid dienone is 1. The molecule has 0 bridgehead atoms. The number of carbonyl (C=O) groups is 3. The molecule has 2 aromatic heterocycles. The van der Waals surface area contributed by atoms with Gasteiger partial charge >= 0.3 is 5.97 Å². The van der Waals surface area contributed by atoms with Gasteiger partial charge < -0.3 is 27.1 Å². The fraction of sp³-hybridized carbons (Fsp3) is 0.267. The highest BCUT2D eigenvalue weighted by molar-refractivity contribution is 8.04. The maximum atomic E-state index is 12.8. The molecular formula is C15H13ClN8O5S3.